The second kappa shape index (κ2) is 6.70. The van der Waals surface area contributed by atoms with E-state index in [9.17, 15) is 4.79 Å². The van der Waals surface area contributed by atoms with Gasteiger partial charge in [-0.25, -0.2) is 4.68 Å². The fraction of sp³-hybridized carbons (Fsp3) is 0.714. The standard InChI is InChI=1S/C14H24N4O/c1-3-7-17(2)13-8-14(19)18(16-10-13)11-12-5-4-6-15-9-12/h8,10,12,15H,3-7,9,11H2,1-2H3. The van der Waals surface area contributed by atoms with Crippen LogP contribution in [0.3, 0.4) is 0 Å². The molecule has 1 aromatic rings. The molecule has 1 aliphatic heterocycles. The fourth-order valence-corrected chi connectivity index (χ4v) is 2.56. The van der Waals surface area contributed by atoms with Crippen LogP contribution in [0.4, 0.5) is 5.69 Å². The molecular weight excluding hydrogens is 240 g/mol. The maximum absolute atomic E-state index is 12.1. The van der Waals surface area contributed by atoms with Gasteiger partial charge in [-0.2, -0.15) is 5.10 Å². The molecule has 5 heteroatoms. The van der Waals surface area contributed by atoms with Crippen LogP contribution in [0.2, 0.25) is 0 Å². The van der Waals surface area contributed by atoms with Crippen molar-refractivity contribution in [1.82, 2.24) is 15.1 Å². The van der Waals surface area contributed by atoms with E-state index in [1.807, 2.05) is 7.05 Å². The van der Waals surface area contributed by atoms with E-state index in [0.29, 0.717) is 5.92 Å². The molecule has 1 unspecified atom stereocenters. The Morgan fingerprint density at radius 2 is 2.42 bits per heavy atom. The highest BCUT2D eigenvalue weighted by atomic mass is 16.1. The number of piperidine rings is 1. The SMILES string of the molecule is CCCN(C)c1cnn(CC2CCCNC2)c(=O)c1. The van der Waals surface area contributed by atoms with Gasteiger partial charge in [0, 0.05) is 26.2 Å². The van der Waals surface area contributed by atoms with E-state index in [-0.39, 0.29) is 5.56 Å². The summed E-state index contributed by atoms with van der Waals surface area (Å²) in [5, 5.41) is 7.68. The minimum atomic E-state index is 0.00558. The van der Waals surface area contributed by atoms with Gasteiger partial charge in [0.25, 0.3) is 5.56 Å². The highest BCUT2D eigenvalue weighted by Crippen LogP contribution is 2.12. The minimum absolute atomic E-state index is 0.00558. The summed E-state index contributed by atoms with van der Waals surface area (Å²) in [4.78, 5) is 14.1. The molecule has 1 aliphatic rings. The maximum Gasteiger partial charge on any atom is 0.268 e. The number of aromatic nitrogens is 2. The van der Waals surface area contributed by atoms with Crippen molar-refractivity contribution in [2.24, 2.45) is 5.92 Å². The molecule has 0 spiro atoms. The van der Waals surface area contributed by atoms with Gasteiger partial charge < -0.3 is 10.2 Å². The van der Waals surface area contributed by atoms with E-state index in [2.05, 4.69) is 22.2 Å². The van der Waals surface area contributed by atoms with Gasteiger partial charge in [-0.3, -0.25) is 4.79 Å². The topological polar surface area (TPSA) is 50.2 Å². The summed E-state index contributed by atoms with van der Waals surface area (Å²) in [6, 6.07) is 1.69. The summed E-state index contributed by atoms with van der Waals surface area (Å²) in [6.07, 6.45) is 5.23. The highest BCUT2D eigenvalue weighted by Gasteiger charge is 2.15. The Bertz CT molecular complexity index is 451. The van der Waals surface area contributed by atoms with Crippen molar-refractivity contribution in [3.8, 4) is 0 Å². The van der Waals surface area contributed by atoms with E-state index in [1.54, 1.807) is 16.9 Å². The van der Waals surface area contributed by atoms with Crippen LogP contribution in [0.5, 0.6) is 0 Å². The molecule has 1 fully saturated rings. The van der Waals surface area contributed by atoms with Crippen LogP contribution >= 0.6 is 0 Å². The summed E-state index contributed by atoms with van der Waals surface area (Å²) >= 11 is 0. The van der Waals surface area contributed by atoms with Gasteiger partial charge in [-0.15, -0.1) is 0 Å². The van der Waals surface area contributed by atoms with Crippen LogP contribution in [0.25, 0.3) is 0 Å². The quantitative estimate of drug-likeness (QED) is 0.865. The summed E-state index contributed by atoms with van der Waals surface area (Å²) < 4.78 is 1.60. The minimum Gasteiger partial charge on any atom is -0.373 e. The monoisotopic (exact) mass is 264 g/mol. The Morgan fingerprint density at radius 1 is 1.58 bits per heavy atom. The first-order valence-corrected chi connectivity index (χ1v) is 7.19. The highest BCUT2D eigenvalue weighted by molar-refractivity contribution is 5.41. The fourth-order valence-electron chi connectivity index (χ4n) is 2.56. The molecule has 0 aliphatic carbocycles. The summed E-state index contributed by atoms with van der Waals surface area (Å²) in [6.45, 7) is 5.88. The molecule has 0 saturated carbocycles. The molecule has 0 amide bonds. The lowest BCUT2D eigenvalue weighted by Gasteiger charge is -2.23. The smallest absolute Gasteiger partial charge is 0.268 e. The van der Waals surface area contributed by atoms with Gasteiger partial charge in [-0.1, -0.05) is 6.92 Å². The number of rotatable bonds is 5. The molecule has 2 rings (SSSR count). The van der Waals surface area contributed by atoms with Crippen LogP contribution < -0.4 is 15.8 Å². The second-order valence-electron chi connectivity index (χ2n) is 5.37. The van der Waals surface area contributed by atoms with Crippen LogP contribution in [0, 0.1) is 5.92 Å². The average molecular weight is 264 g/mol. The first-order chi connectivity index (χ1) is 9.20. The lowest BCUT2D eigenvalue weighted by molar-refractivity contribution is 0.319. The van der Waals surface area contributed by atoms with Crippen LogP contribution in [0.1, 0.15) is 26.2 Å². The van der Waals surface area contributed by atoms with Crippen molar-refractivity contribution >= 4 is 5.69 Å². The number of anilines is 1. The average Bonchev–Trinajstić information content (AvgIpc) is 2.42. The Morgan fingerprint density at radius 3 is 3.05 bits per heavy atom. The van der Waals surface area contributed by atoms with Crippen molar-refractivity contribution in [2.45, 2.75) is 32.7 Å². The third-order valence-corrected chi connectivity index (χ3v) is 3.69. The molecule has 0 radical (unpaired) electrons. The molecule has 1 N–H and O–H groups in total. The Kier molecular flexibility index (Phi) is 4.96. The van der Waals surface area contributed by atoms with Gasteiger partial charge in [0.05, 0.1) is 11.9 Å². The normalized spacial score (nSPS) is 19.4. The van der Waals surface area contributed by atoms with Crippen molar-refractivity contribution in [2.75, 3.05) is 31.6 Å². The molecule has 1 atom stereocenters. The Balaban J connectivity index is 2.04. The summed E-state index contributed by atoms with van der Waals surface area (Å²) in [5.41, 5.74) is 0.913. The van der Waals surface area contributed by atoms with Gasteiger partial charge in [0.15, 0.2) is 0 Å². The number of nitrogens with one attached hydrogen (secondary N) is 1. The lowest BCUT2D eigenvalue weighted by Crippen LogP contribution is -2.35. The Hall–Kier alpha value is -1.36. The molecule has 0 aromatic carbocycles. The summed E-state index contributed by atoms with van der Waals surface area (Å²) in [5.74, 6) is 0.526. The van der Waals surface area contributed by atoms with Crippen molar-refractivity contribution < 1.29 is 0 Å². The first-order valence-electron chi connectivity index (χ1n) is 7.19. The van der Waals surface area contributed by atoms with Gasteiger partial charge >= 0.3 is 0 Å². The van der Waals surface area contributed by atoms with Crippen molar-refractivity contribution in [3.05, 3.63) is 22.6 Å². The molecule has 2 heterocycles. The molecule has 1 saturated heterocycles. The van der Waals surface area contributed by atoms with E-state index in [0.717, 1.165) is 38.3 Å². The molecule has 5 nitrogen and oxygen atoms in total. The largest absolute Gasteiger partial charge is 0.373 e. The van der Waals surface area contributed by atoms with Crippen LogP contribution in [0.15, 0.2) is 17.1 Å². The number of hydrogen-bond acceptors (Lipinski definition) is 4. The zero-order valence-electron chi connectivity index (χ0n) is 11.9. The molecule has 19 heavy (non-hydrogen) atoms. The maximum atomic E-state index is 12.1. The first kappa shape index (κ1) is 14.1. The van der Waals surface area contributed by atoms with Crippen molar-refractivity contribution in [3.63, 3.8) is 0 Å². The number of hydrogen-bond donors (Lipinski definition) is 1. The van der Waals surface area contributed by atoms with Gasteiger partial charge in [-0.05, 0) is 38.3 Å². The van der Waals surface area contributed by atoms with Crippen LogP contribution in [-0.2, 0) is 6.54 Å². The summed E-state index contributed by atoms with van der Waals surface area (Å²) in [7, 11) is 2.00. The van der Waals surface area contributed by atoms with E-state index < -0.39 is 0 Å². The third kappa shape index (κ3) is 3.80. The van der Waals surface area contributed by atoms with Crippen LogP contribution in [-0.4, -0.2) is 36.5 Å². The zero-order valence-corrected chi connectivity index (χ0v) is 11.9. The molecule has 106 valence electrons. The lowest BCUT2D eigenvalue weighted by atomic mass is 10.00. The molecule has 0 bridgehead atoms. The third-order valence-electron chi connectivity index (χ3n) is 3.69. The predicted octanol–water partition coefficient (Wildman–Crippen LogP) is 1.09. The van der Waals surface area contributed by atoms with E-state index in [1.165, 1.54) is 12.8 Å². The number of nitrogens with zero attached hydrogens (tertiary/aromatic N) is 3. The Labute approximate surface area is 114 Å². The van der Waals surface area contributed by atoms with E-state index >= 15 is 0 Å². The van der Waals surface area contributed by atoms with E-state index in [4.69, 9.17) is 0 Å². The predicted molar refractivity (Wildman–Crippen MR) is 77.7 cm³/mol. The zero-order chi connectivity index (χ0) is 13.7. The van der Waals surface area contributed by atoms with Gasteiger partial charge in [0.1, 0.15) is 0 Å². The molecular formula is C14H24N4O. The molecule has 1 aromatic heterocycles. The second-order valence-corrected chi connectivity index (χ2v) is 5.37. The van der Waals surface area contributed by atoms with Crippen molar-refractivity contribution in [1.29, 1.82) is 0 Å². The van der Waals surface area contributed by atoms with Gasteiger partial charge in [0.2, 0.25) is 0 Å².